The van der Waals surface area contributed by atoms with Crippen LogP contribution in [0.15, 0.2) is 54.6 Å². The lowest BCUT2D eigenvalue weighted by Gasteiger charge is -2.18. The molecule has 0 radical (unpaired) electrons. The Kier molecular flexibility index (Phi) is 5.89. The normalized spacial score (nSPS) is 13.5. The molecule has 1 aliphatic rings. The van der Waals surface area contributed by atoms with Gasteiger partial charge in [-0.1, -0.05) is 18.2 Å². The lowest BCUT2D eigenvalue weighted by Crippen LogP contribution is -2.17. The maximum atomic E-state index is 13.7. The Labute approximate surface area is 171 Å². The fourth-order valence-electron chi connectivity index (χ4n) is 3.60. The highest BCUT2D eigenvalue weighted by Crippen LogP contribution is 2.24. The summed E-state index contributed by atoms with van der Waals surface area (Å²) in [6, 6.07) is 17.2. The van der Waals surface area contributed by atoms with Gasteiger partial charge in [0.05, 0.1) is 0 Å². The van der Waals surface area contributed by atoms with Crippen LogP contribution in [0.1, 0.15) is 24.1 Å². The van der Waals surface area contributed by atoms with Gasteiger partial charge in [0.1, 0.15) is 11.6 Å². The summed E-state index contributed by atoms with van der Waals surface area (Å²) in [7, 11) is 0. The number of benzene rings is 2. The summed E-state index contributed by atoms with van der Waals surface area (Å²) in [5.74, 6) is 1.09. The second-order valence-electron chi connectivity index (χ2n) is 7.35. The summed E-state index contributed by atoms with van der Waals surface area (Å²) in [5, 5.41) is 6.55. The smallest absolute Gasteiger partial charge is 0.224 e. The van der Waals surface area contributed by atoms with Crippen molar-refractivity contribution in [3.05, 3.63) is 71.7 Å². The molecule has 4 rings (SSSR count). The van der Waals surface area contributed by atoms with Crippen LogP contribution in [-0.4, -0.2) is 29.6 Å². The van der Waals surface area contributed by atoms with Gasteiger partial charge in [-0.15, -0.1) is 0 Å². The number of hydrogen-bond acceptors (Lipinski definition) is 5. The van der Waals surface area contributed by atoms with Crippen molar-refractivity contribution in [1.82, 2.24) is 9.97 Å². The number of aryl methyl sites for hydroxylation is 1. The van der Waals surface area contributed by atoms with Crippen LogP contribution in [0.3, 0.4) is 0 Å². The molecule has 6 heteroatoms. The first-order chi connectivity index (χ1) is 14.2. The Morgan fingerprint density at radius 3 is 2.52 bits per heavy atom. The maximum Gasteiger partial charge on any atom is 0.224 e. The lowest BCUT2D eigenvalue weighted by atomic mass is 10.1. The predicted molar refractivity (Wildman–Crippen MR) is 117 cm³/mol. The Morgan fingerprint density at radius 1 is 1.00 bits per heavy atom. The molecule has 0 amide bonds. The highest BCUT2D eigenvalue weighted by molar-refractivity contribution is 5.61. The van der Waals surface area contributed by atoms with Crippen molar-refractivity contribution >= 4 is 23.1 Å². The molecule has 5 nitrogen and oxygen atoms in total. The van der Waals surface area contributed by atoms with Crippen LogP contribution in [0.2, 0.25) is 0 Å². The van der Waals surface area contributed by atoms with E-state index >= 15 is 0 Å². The van der Waals surface area contributed by atoms with Gasteiger partial charge in [0.15, 0.2) is 0 Å². The van der Waals surface area contributed by atoms with Gasteiger partial charge in [-0.3, -0.25) is 0 Å². The molecule has 0 saturated carbocycles. The zero-order chi connectivity index (χ0) is 20.1. The third-order valence-electron chi connectivity index (χ3n) is 5.10. The average molecular weight is 391 g/mol. The molecule has 0 atom stereocenters. The number of aromatic nitrogens is 2. The van der Waals surface area contributed by atoms with Crippen LogP contribution < -0.4 is 15.5 Å². The van der Waals surface area contributed by atoms with Crippen molar-refractivity contribution in [3.8, 4) is 0 Å². The number of rotatable bonds is 7. The van der Waals surface area contributed by atoms with E-state index in [0.717, 1.165) is 30.3 Å². The van der Waals surface area contributed by atoms with E-state index in [1.165, 1.54) is 24.6 Å². The Bertz CT molecular complexity index is 952. The van der Waals surface area contributed by atoms with E-state index in [2.05, 4.69) is 49.8 Å². The van der Waals surface area contributed by atoms with Crippen molar-refractivity contribution in [1.29, 1.82) is 0 Å². The molecule has 2 aromatic carbocycles. The maximum absolute atomic E-state index is 13.7. The first-order valence-electron chi connectivity index (χ1n) is 10.1. The van der Waals surface area contributed by atoms with Gasteiger partial charge >= 0.3 is 0 Å². The second kappa shape index (κ2) is 8.90. The Morgan fingerprint density at radius 2 is 1.76 bits per heavy atom. The van der Waals surface area contributed by atoms with Gasteiger partial charge in [-0.2, -0.15) is 4.98 Å². The van der Waals surface area contributed by atoms with Gasteiger partial charge in [0.25, 0.3) is 0 Å². The number of halogens is 1. The summed E-state index contributed by atoms with van der Waals surface area (Å²) in [5.41, 5.74) is 3.81. The molecule has 2 heterocycles. The van der Waals surface area contributed by atoms with Gasteiger partial charge in [0.2, 0.25) is 5.95 Å². The quantitative estimate of drug-likeness (QED) is 0.599. The van der Waals surface area contributed by atoms with Gasteiger partial charge in [-0.25, -0.2) is 9.37 Å². The van der Waals surface area contributed by atoms with Crippen LogP contribution >= 0.6 is 0 Å². The first-order valence-corrected chi connectivity index (χ1v) is 10.1. The van der Waals surface area contributed by atoms with Crippen molar-refractivity contribution in [2.24, 2.45) is 0 Å². The fraction of sp³-hybridized carbons (Fsp3) is 0.304. The zero-order valence-corrected chi connectivity index (χ0v) is 16.7. The topological polar surface area (TPSA) is 53.1 Å². The molecule has 0 unspecified atom stereocenters. The third kappa shape index (κ3) is 5.02. The molecule has 0 spiro atoms. The summed E-state index contributed by atoms with van der Waals surface area (Å²) >= 11 is 0. The molecule has 29 heavy (non-hydrogen) atoms. The molecule has 0 aliphatic carbocycles. The SMILES string of the molecule is Cc1cc(Nc2ccc(N3CCCC3)cc2)nc(NCCc2ccccc2F)n1. The summed E-state index contributed by atoms with van der Waals surface area (Å²) < 4.78 is 13.7. The fourth-order valence-corrected chi connectivity index (χ4v) is 3.60. The van der Waals surface area contributed by atoms with E-state index in [1.54, 1.807) is 12.1 Å². The van der Waals surface area contributed by atoms with Crippen LogP contribution in [0.4, 0.5) is 27.5 Å². The number of nitrogens with one attached hydrogen (secondary N) is 2. The van der Waals surface area contributed by atoms with E-state index < -0.39 is 0 Å². The molecule has 1 aliphatic heterocycles. The van der Waals surface area contributed by atoms with Gasteiger partial charge in [0, 0.05) is 42.8 Å². The monoisotopic (exact) mass is 391 g/mol. The molecule has 150 valence electrons. The number of anilines is 4. The largest absolute Gasteiger partial charge is 0.372 e. The van der Waals surface area contributed by atoms with Crippen molar-refractivity contribution < 1.29 is 4.39 Å². The Balaban J connectivity index is 1.38. The van der Waals surface area contributed by atoms with Gasteiger partial charge < -0.3 is 15.5 Å². The van der Waals surface area contributed by atoms with E-state index in [-0.39, 0.29) is 5.82 Å². The van der Waals surface area contributed by atoms with Crippen LogP contribution in [-0.2, 0) is 6.42 Å². The van der Waals surface area contributed by atoms with E-state index in [4.69, 9.17) is 0 Å². The van der Waals surface area contributed by atoms with Crippen molar-refractivity contribution in [3.63, 3.8) is 0 Å². The van der Waals surface area contributed by atoms with Crippen LogP contribution in [0.5, 0.6) is 0 Å². The minimum absolute atomic E-state index is 0.181. The highest BCUT2D eigenvalue weighted by Gasteiger charge is 2.12. The molecule has 1 fully saturated rings. The van der Waals surface area contributed by atoms with Crippen LogP contribution in [0, 0.1) is 12.7 Å². The average Bonchev–Trinajstić information content (AvgIpc) is 3.24. The van der Waals surface area contributed by atoms with Crippen molar-refractivity contribution in [2.75, 3.05) is 35.2 Å². The summed E-state index contributed by atoms with van der Waals surface area (Å²) in [4.78, 5) is 11.4. The third-order valence-corrected chi connectivity index (χ3v) is 5.10. The van der Waals surface area contributed by atoms with E-state index in [0.29, 0.717) is 24.5 Å². The molecular weight excluding hydrogens is 365 g/mol. The van der Waals surface area contributed by atoms with E-state index in [1.807, 2.05) is 19.1 Å². The minimum Gasteiger partial charge on any atom is -0.372 e. The number of nitrogens with zero attached hydrogens (tertiary/aromatic N) is 3. The standard InChI is InChI=1S/C23H26FN5/c1-17-16-22(27-19-8-10-20(11-9-19)29-14-4-5-15-29)28-23(26-17)25-13-12-18-6-2-3-7-21(18)24/h2-3,6-11,16H,4-5,12-15H2,1H3,(H2,25,26,27,28). The number of hydrogen-bond donors (Lipinski definition) is 2. The lowest BCUT2D eigenvalue weighted by molar-refractivity contribution is 0.610. The predicted octanol–water partition coefficient (Wildman–Crippen LogP) is 4.92. The summed E-state index contributed by atoms with van der Waals surface area (Å²) in [6.07, 6.45) is 3.12. The van der Waals surface area contributed by atoms with Gasteiger partial charge in [-0.05, 0) is 62.1 Å². The zero-order valence-electron chi connectivity index (χ0n) is 16.7. The minimum atomic E-state index is -0.181. The molecule has 0 bridgehead atoms. The molecule has 1 saturated heterocycles. The highest BCUT2D eigenvalue weighted by atomic mass is 19.1. The molecule has 3 aromatic rings. The van der Waals surface area contributed by atoms with Crippen LogP contribution in [0.25, 0.3) is 0 Å². The Hall–Kier alpha value is -3.15. The van der Waals surface area contributed by atoms with E-state index in [9.17, 15) is 4.39 Å². The second-order valence-corrected chi connectivity index (χ2v) is 7.35. The first kappa shape index (κ1) is 19.2. The van der Waals surface area contributed by atoms with Crippen molar-refractivity contribution in [2.45, 2.75) is 26.2 Å². The molecular formula is C23H26FN5. The molecule has 2 N–H and O–H groups in total. The summed E-state index contributed by atoms with van der Waals surface area (Å²) in [6.45, 7) is 4.78. The molecule has 1 aromatic heterocycles.